The monoisotopic (exact) mass is 314 g/mol. The highest BCUT2D eigenvalue weighted by atomic mass is 35.5. The van der Waals surface area contributed by atoms with Gasteiger partial charge < -0.3 is 10.5 Å². The van der Waals surface area contributed by atoms with Crippen molar-refractivity contribution >= 4 is 23.5 Å². The number of nitrogens with two attached hydrogens (primary N) is 1. The predicted molar refractivity (Wildman–Crippen MR) is 83.5 cm³/mol. The molecule has 0 aliphatic carbocycles. The number of halogens is 1. The molecule has 3 N–H and O–H groups in total. The van der Waals surface area contributed by atoms with Gasteiger partial charge in [0, 0.05) is 12.5 Å². The SMILES string of the molecule is COc1cc(Cl)nc(NC(=O)CCC(CCN)C(C)C)n1. The van der Waals surface area contributed by atoms with Gasteiger partial charge in [-0.15, -0.1) is 0 Å². The van der Waals surface area contributed by atoms with Crippen molar-refractivity contribution in [3.8, 4) is 5.88 Å². The summed E-state index contributed by atoms with van der Waals surface area (Å²) in [5.74, 6) is 1.28. The Labute approximate surface area is 130 Å². The van der Waals surface area contributed by atoms with Gasteiger partial charge >= 0.3 is 0 Å². The van der Waals surface area contributed by atoms with Crippen molar-refractivity contribution < 1.29 is 9.53 Å². The van der Waals surface area contributed by atoms with E-state index >= 15 is 0 Å². The van der Waals surface area contributed by atoms with Crippen molar-refractivity contribution in [2.75, 3.05) is 19.0 Å². The second kappa shape index (κ2) is 8.79. The molecule has 0 aliphatic rings. The van der Waals surface area contributed by atoms with Crippen LogP contribution in [0.15, 0.2) is 6.07 Å². The Hall–Kier alpha value is -1.40. The molecule has 0 aromatic carbocycles. The lowest BCUT2D eigenvalue weighted by molar-refractivity contribution is -0.116. The smallest absolute Gasteiger partial charge is 0.234 e. The lowest BCUT2D eigenvalue weighted by atomic mass is 9.88. The third kappa shape index (κ3) is 6.27. The molecule has 0 fully saturated rings. The number of carbonyl (C=O) groups excluding carboxylic acids is 1. The number of nitrogens with one attached hydrogen (secondary N) is 1. The first kappa shape index (κ1) is 17.7. The molecule has 118 valence electrons. The summed E-state index contributed by atoms with van der Waals surface area (Å²) >= 11 is 5.83. The molecule has 21 heavy (non-hydrogen) atoms. The molecule has 1 aromatic rings. The van der Waals surface area contributed by atoms with Gasteiger partial charge in [-0.1, -0.05) is 25.4 Å². The van der Waals surface area contributed by atoms with Gasteiger partial charge in [-0.3, -0.25) is 10.1 Å². The van der Waals surface area contributed by atoms with Gasteiger partial charge in [0.05, 0.1) is 7.11 Å². The first-order valence-electron chi connectivity index (χ1n) is 7.04. The molecular weight excluding hydrogens is 292 g/mol. The minimum atomic E-state index is -0.137. The molecule has 1 atom stereocenters. The first-order valence-corrected chi connectivity index (χ1v) is 7.42. The molecule has 6 nitrogen and oxygen atoms in total. The zero-order valence-corrected chi connectivity index (χ0v) is 13.5. The van der Waals surface area contributed by atoms with Crippen LogP contribution >= 0.6 is 11.6 Å². The maximum Gasteiger partial charge on any atom is 0.234 e. The van der Waals surface area contributed by atoms with Crippen molar-refractivity contribution in [1.82, 2.24) is 9.97 Å². The number of aromatic nitrogens is 2. The van der Waals surface area contributed by atoms with Crippen molar-refractivity contribution in [3.63, 3.8) is 0 Å². The molecule has 0 spiro atoms. The van der Waals surface area contributed by atoms with Crippen LogP contribution in [-0.4, -0.2) is 29.5 Å². The number of hydrogen-bond acceptors (Lipinski definition) is 5. The van der Waals surface area contributed by atoms with Crippen LogP contribution in [-0.2, 0) is 4.79 Å². The van der Waals surface area contributed by atoms with E-state index in [4.69, 9.17) is 22.1 Å². The van der Waals surface area contributed by atoms with E-state index in [9.17, 15) is 4.79 Å². The largest absolute Gasteiger partial charge is 0.481 e. The summed E-state index contributed by atoms with van der Waals surface area (Å²) in [5, 5.41) is 2.86. The average Bonchev–Trinajstić information content (AvgIpc) is 2.42. The first-order chi connectivity index (χ1) is 9.96. The molecule has 1 unspecified atom stereocenters. The highest BCUT2D eigenvalue weighted by Gasteiger charge is 2.15. The predicted octanol–water partition coefficient (Wildman–Crippen LogP) is 2.48. The van der Waals surface area contributed by atoms with Gasteiger partial charge in [-0.2, -0.15) is 4.98 Å². The van der Waals surface area contributed by atoms with Crippen LogP contribution < -0.4 is 15.8 Å². The molecule has 1 heterocycles. The summed E-state index contributed by atoms with van der Waals surface area (Å²) < 4.78 is 4.98. The maximum absolute atomic E-state index is 11.9. The van der Waals surface area contributed by atoms with Crippen molar-refractivity contribution in [2.24, 2.45) is 17.6 Å². The quantitative estimate of drug-likeness (QED) is 0.719. The van der Waals surface area contributed by atoms with Crippen LogP contribution in [0.25, 0.3) is 0 Å². The van der Waals surface area contributed by atoms with Crippen LogP contribution in [0.5, 0.6) is 5.88 Å². The molecule has 0 bridgehead atoms. The lowest BCUT2D eigenvalue weighted by Crippen LogP contribution is -2.19. The van der Waals surface area contributed by atoms with E-state index in [1.54, 1.807) is 0 Å². The molecule has 0 radical (unpaired) electrons. The zero-order valence-electron chi connectivity index (χ0n) is 12.7. The van der Waals surface area contributed by atoms with Crippen LogP contribution in [0.2, 0.25) is 5.15 Å². The Balaban J connectivity index is 2.55. The van der Waals surface area contributed by atoms with Gasteiger partial charge in [-0.25, -0.2) is 4.98 Å². The molecular formula is C14H23ClN4O2. The Morgan fingerprint density at radius 1 is 1.43 bits per heavy atom. The normalized spacial score (nSPS) is 12.3. The summed E-state index contributed by atoms with van der Waals surface area (Å²) in [6.45, 7) is 4.92. The number of methoxy groups -OCH3 is 1. The van der Waals surface area contributed by atoms with Gasteiger partial charge in [-0.05, 0) is 31.2 Å². The molecule has 1 amide bonds. The molecule has 0 saturated heterocycles. The van der Waals surface area contributed by atoms with Gasteiger partial charge in [0.15, 0.2) is 0 Å². The van der Waals surface area contributed by atoms with E-state index in [1.807, 2.05) is 0 Å². The Bertz CT molecular complexity index is 468. The number of nitrogens with zero attached hydrogens (tertiary/aromatic N) is 2. The van der Waals surface area contributed by atoms with Crippen molar-refractivity contribution in [2.45, 2.75) is 33.1 Å². The van der Waals surface area contributed by atoms with Gasteiger partial charge in [0.1, 0.15) is 5.15 Å². The van der Waals surface area contributed by atoms with Gasteiger partial charge in [0.2, 0.25) is 17.7 Å². The Morgan fingerprint density at radius 2 is 2.14 bits per heavy atom. The summed E-state index contributed by atoms with van der Waals surface area (Å²) in [4.78, 5) is 19.9. The topological polar surface area (TPSA) is 90.1 Å². The van der Waals surface area contributed by atoms with Gasteiger partial charge in [0.25, 0.3) is 0 Å². The van der Waals surface area contributed by atoms with E-state index in [0.717, 1.165) is 12.8 Å². The molecule has 0 saturated carbocycles. The van der Waals surface area contributed by atoms with E-state index in [1.165, 1.54) is 13.2 Å². The number of anilines is 1. The van der Waals surface area contributed by atoms with Crippen LogP contribution in [0.1, 0.15) is 33.1 Å². The highest BCUT2D eigenvalue weighted by Crippen LogP contribution is 2.21. The summed E-state index contributed by atoms with van der Waals surface area (Å²) in [6, 6.07) is 1.48. The lowest BCUT2D eigenvalue weighted by Gasteiger charge is -2.19. The fourth-order valence-corrected chi connectivity index (χ4v) is 2.26. The van der Waals surface area contributed by atoms with Crippen LogP contribution in [0, 0.1) is 11.8 Å². The van der Waals surface area contributed by atoms with E-state index < -0.39 is 0 Å². The molecule has 1 aromatic heterocycles. The minimum Gasteiger partial charge on any atom is -0.481 e. The Kier molecular flexibility index (Phi) is 7.39. The Morgan fingerprint density at radius 3 is 2.71 bits per heavy atom. The molecule has 7 heteroatoms. The van der Waals surface area contributed by atoms with Crippen LogP contribution in [0.4, 0.5) is 5.95 Å². The van der Waals surface area contributed by atoms with Crippen molar-refractivity contribution in [1.29, 1.82) is 0 Å². The third-order valence-corrected chi connectivity index (χ3v) is 3.55. The highest BCUT2D eigenvalue weighted by molar-refractivity contribution is 6.29. The number of amides is 1. The van der Waals surface area contributed by atoms with Crippen molar-refractivity contribution in [3.05, 3.63) is 11.2 Å². The minimum absolute atomic E-state index is 0.137. The van der Waals surface area contributed by atoms with E-state index in [-0.39, 0.29) is 17.0 Å². The zero-order chi connectivity index (χ0) is 15.8. The maximum atomic E-state index is 11.9. The van der Waals surface area contributed by atoms with E-state index in [0.29, 0.717) is 30.7 Å². The summed E-state index contributed by atoms with van der Waals surface area (Å²) in [6.07, 6.45) is 2.12. The fourth-order valence-electron chi connectivity index (χ4n) is 2.09. The average molecular weight is 315 g/mol. The summed E-state index contributed by atoms with van der Waals surface area (Å²) in [7, 11) is 1.48. The molecule has 0 aliphatic heterocycles. The third-order valence-electron chi connectivity index (χ3n) is 3.35. The number of hydrogen-bond donors (Lipinski definition) is 2. The standard InChI is InChI=1S/C14H23ClN4O2/c1-9(2)10(6-7-16)4-5-12(20)18-14-17-11(15)8-13(19-14)21-3/h8-10H,4-7,16H2,1-3H3,(H,17,18,19,20). The van der Waals surface area contributed by atoms with Crippen LogP contribution in [0.3, 0.4) is 0 Å². The molecule has 1 rings (SSSR count). The number of ether oxygens (including phenoxy) is 1. The second-order valence-corrected chi connectivity index (χ2v) is 5.61. The number of carbonyl (C=O) groups is 1. The van der Waals surface area contributed by atoms with E-state index in [2.05, 4.69) is 29.1 Å². The fraction of sp³-hybridized carbons (Fsp3) is 0.643. The summed E-state index contributed by atoms with van der Waals surface area (Å²) in [5.41, 5.74) is 5.60. The second-order valence-electron chi connectivity index (χ2n) is 5.22. The number of rotatable bonds is 8.